The van der Waals surface area contributed by atoms with Crippen LogP contribution in [0.4, 0.5) is 0 Å². The molecule has 2 heterocycles. The van der Waals surface area contributed by atoms with Crippen LogP contribution < -0.4 is 0 Å². The van der Waals surface area contributed by atoms with Crippen molar-refractivity contribution in [1.29, 1.82) is 0 Å². The van der Waals surface area contributed by atoms with E-state index in [9.17, 15) is 16.8 Å². The van der Waals surface area contributed by atoms with Gasteiger partial charge in [0.05, 0.1) is 43.9 Å². The maximum absolute atomic E-state index is 11.6. The maximum Gasteiger partial charge on any atom is 0.175 e. The van der Waals surface area contributed by atoms with Gasteiger partial charge in [-0.25, -0.2) is 26.2 Å². The lowest BCUT2D eigenvalue weighted by Crippen LogP contribution is -2.01. The molecule has 0 aliphatic heterocycles. The number of nitrogens with zero attached hydrogens (tertiary/aromatic N) is 4. The molecule has 0 spiro atoms. The lowest BCUT2D eigenvalue weighted by molar-refractivity contribution is 0.600. The number of sulfone groups is 2. The molecule has 224 valence electrons. The molecule has 0 saturated carbocycles. The molecule has 0 fully saturated rings. The minimum atomic E-state index is -3.19. The number of benzene rings is 4. The zero-order valence-electron chi connectivity index (χ0n) is 24.8. The van der Waals surface area contributed by atoms with E-state index in [0.717, 1.165) is 45.3 Å². The van der Waals surface area contributed by atoms with E-state index in [4.69, 9.17) is 0 Å². The molecule has 0 bridgehead atoms. The molecule has 0 amide bonds. The fourth-order valence-corrected chi connectivity index (χ4v) is 5.95. The summed E-state index contributed by atoms with van der Waals surface area (Å²) in [7, 11) is -6.38. The predicted molar refractivity (Wildman–Crippen MR) is 174 cm³/mol. The third-order valence-electron chi connectivity index (χ3n) is 6.82. The van der Waals surface area contributed by atoms with Gasteiger partial charge in [0, 0.05) is 23.6 Å². The van der Waals surface area contributed by atoms with Gasteiger partial charge in [-0.15, -0.1) is 0 Å². The Balaban J connectivity index is 0.000000175. The minimum absolute atomic E-state index is 0.307. The van der Waals surface area contributed by atoms with E-state index in [1.165, 1.54) is 12.5 Å². The van der Waals surface area contributed by atoms with E-state index in [2.05, 4.69) is 10.2 Å². The Labute approximate surface area is 258 Å². The molecular weight excluding hydrogens is 593 g/mol. The largest absolute Gasteiger partial charge is 0.233 e. The zero-order valence-corrected chi connectivity index (χ0v) is 26.4. The highest BCUT2D eigenvalue weighted by atomic mass is 32.2. The van der Waals surface area contributed by atoms with Gasteiger partial charge >= 0.3 is 0 Å². The van der Waals surface area contributed by atoms with Crippen LogP contribution >= 0.6 is 0 Å². The highest BCUT2D eigenvalue weighted by Crippen LogP contribution is 2.26. The number of aromatic nitrogens is 4. The van der Waals surface area contributed by atoms with E-state index in [1.54, 1.807) is 48.5 Å². The molecule has 10 heteroatoms. The summed E-state index contributed by atoms with van der Waals surface area (Å²) in [5.74, 6) is 0. The van der Waals surface area contributed by atoms with Crippen molar-refractivity contribution >= 4 is 19.7 Å². The van der Waals surface area contributed by atoms with Crippen LogP contribution in [-0.4, -0.2) is 48.9 Å². The van der Waals surface area contributed by atoms with Crippen LogP contribution in [0.5, 0.6) is 0 Å². The minimum Gasteiger partial charge on any atom is -0.233 e. The summed E-state index contributed by atoms with van der Waals surface area (Å²) in [6, 6.07) is 37.5. The van der Waals surface area contributed by atoms with E-state index in [1.807, 2.05) is 96.0 Å². The van der Waals surface area contributed by atoms with Gasteiger partial charge in [0.15, 0.2) is 19.7 Å². The van der Waals surface area contributed by atoms with Crippen LogP contribution in [0.1, 0.15) is 11.4 Å². The van der Waals surface area contributed by atoms with Gasteiger partial charge in [-0.3, -0.25) is 0 Å². The molecular formula is C34H32N4O4S2. The molecule has 0 saturated heterocycles. The molecule has 6 aromatic rings. The van der Waals surface area contributed by atoms with Crippen LogP contribution in [0.2, 0.25) is 0 Å². The maximum atomic E-state index is 11.6. The topological polar surface area (TPSA) is 104 Å². The van der Waals surface area contributed by atoms with E-state index in [-0.39, 0.29) is 0 Å². The van der Waals surface area contributed by atoms with Crippen LogP contribution in [0.3, 0.4) is 0 Å². The second-order valence-corrected chi connectivity index (χ2v) is 14.5. The van der Waals surface area contributed by atoms with Crippen molar-refractivity contribution in [2.75, 3.05) is 12.5 Å². The quantitative estimate of drug-likeness (QED) is 0.210. The Morgan fingerprint density at radius 2 is 0.795 bits per heavy atom. The third-order valence-corrected chi connectivity index (χ3v) is 9.08. The Hall–Kier alpha value is -4.80. The first-order valence-corrected chi connectivity index (χ1v) is 17.5. The van der Waals surface area contributed by atoms with Crippen molar-refractivity contribution in [2.45, 2.75) is 23.6 Å². The van der Waals surface area contributed by atoms with E-state index < -0.39 is 19.7 Å². The first-order valence-electron chi connectivity index (χ1n) is 13.8. The third kappa shape index (κ3) is 7.04. The number of rotatable bonds is 6. The van der Waals surface area contributed by atoms with Gasteiger partial charge in [-0.2, -0.15) is 10.2 Å². The molecule has 0 atom stereocenters. The highest BCUT2D eigenvalue weighted by Gasteiger charge is 2.13. The Bertz CT molecular complexity index is 1950. The summed E-state index contributed by atoms with van der Waals surface area (Å²) < 4.78 is 49.9. The van der Waals surface area contributed by atoms with Crippen molar-refractivity contribution in [2.24, 2.45) is 0 Å². The number of aryl methyl sites for hydroxylation is 2. The monoisotopic (exact) mass is 624 g/mol. The smallest absolute Gasteiger partial charge is 0.175 e. The fraction of sp³-hybridized carbons (Fsp3) is 0.118. The van der Waals surface area contributed by atoms with Gasteiger partial charge in [0.25, 0.3) is 0 Å². The molecule has 4 aromatic carbocycles. The first kappa shape index (κ1) is 30.7. The highest BCUT2D eigenvalue weighted by molar-refractivity contribution is 7.91. The molecule has 2 aromatic heterocycles. The first-order chi connectivity index (χ1) is 20.9. The van der Waals surface area contributed by atoms with Crippen molar-refractivity contribution in [3.8, 4) is 33.9 Å². The fourth-order valence-electron chi connectivity index (χ4n) is 4.69. The molecule has 8 nitrogen and oxygen atoms in total. The van der Waals surface area contributed by atoms with Crippen molar-refractivity contribution < 1.29 is 16.8 Å². The summed E-state index contributed by atoms with van der Waals surface area (Å²) in [5, 5.41) is 9.03. The molecule has 0 N–H and O–H groups in total. The molecule has 0 aliphatic rings. The lowest BCUT2D eigenvalue weighted by atomic mass is 10.1. The van der Waals surface area contributed by atoms with Crippen molar-refractivity contribution in [3.05, 3.63) is 133 Å². The van der Waals surface area contributed by atoms with Gasteiger partial charge in [0.1, 0.15) is 0 Å². The van der Waals surface area contributed by atoms with E-state index >= 15 is 0 Å². The second-order valence-electron chi connectivity index (χ2n) is 10.4. The van der Waals surface area contributed by atoms with Crippen molar-refractivity contribution in [1.82, 2.24) is 19.6 Å². The molecule has 44 heavy (non-hydrogen) atoms. The van der Waals surface area contributed by atoms with Crippen LogP contribution in [-0.2, 0) is 19.7 Å². The van der Waals surface area contributed by atoms with Gasteiger partial charge in [-0.1, -0.05) is 60.7 Å². The normalized spacial score (nSPS) is 11.5. The summed E-state index contributed by atoms with van der Waals surface area (Å²) in [6.07, 6.45) is 2.41. The summed E-state index contributed by atoms with van der Waals surface area (Å²) >= 11 is 0. The number of hydrogen-bond acceptors (Lipinski definition) is 6. The summed E-state index contributed by atoms with van der Waals surface area (Å²) in [5.41, 5.74) is 7.57. The van der Waals surface area contributed by atoms with Crippen LogP contribution in [0.25, 0.3) is 33.9 Å². The van der Waals surface area contributed by atoms with Gasteiger partial charge in [0.2, 0.25) is 0 Å². The molecule has 0 unspecified atom stereocenters. The van der Waals surface area contributed by atoms with Gasteiger partial charge < -0.3 is 0 Å². The zero-order chi connectivity index (χ0) is 31.5. The molecule has 0 radical (unpaired) electrons. The standard InChI is InChI=1S/2C17H16N2O2S/c2*1-13-12-17(14-6-4-3-5-7-14)19(18-13)15-8-10-16(11-9-15)22(2,20)21/h2*3-12H,1-2H3. The average molecular weight is 625 g/mol. The summed E-state index contributed by atoms with van der Waals surface area (Å²) in [4.78, 5) is 0.614. The SMILES string of the molecule is Cc1cc(-c2ccccc2)n(-c2ccc(S(C)(=O)=O)cc2)n1.Cc1cc(-c2ccccc2)n(-c2ccc(S(C)(=O)=O)cc2)n1. The number of hydrogen-bond donors (Lipinski definition) is 0. The van der Waals surface area contributed by atoms with E-state index in [0.29, 0.717) is 9.79 Å². The Kier molecular flexibility index (Phi) is 8.66. The molecule has 0 aliphatic carbocycles. The second kappa shape index (κ2) is 12.4. The van der Waals surface area contributed by atoms with Crippen LogP contribution in [0.15, 0.2) is 131 Å². The lowest BCUT2D eigenvalue weighted by Gasteiger charge is -2.08. The Morgan fingerprint density at radius 1 is 0.477 bits per heavy atom. The summed E-state index contributed by atoms with van der Waals surface area (Å²) in [6.45, 7) is 3.88. The predicted octanol–water partition coefficient (Wildman–Crippen LogP) is 6.50. The molecule has 6 rings (SSSR count). The van der Waals surface area contributed by atoms with Crippen LogP contribution in [0, 0.1) is 13.8 Å². The van der Waals surface area contributed by atoms with Gasteiger partial charge in [-0.05, 0) is 74.5 Å². The Morgan fingerprint density at radius 3 is 1.09 bits per heavy atom. The average Bonchev–Trinajstić information content (AvgIpc) is 3.60. The van der Waals surface area contributed by atoms with Crippen molar-refractivity contribution in [3.63, 3.8) is 0 Å².